The van der Waals surface area contributed by atoms with Crippen molar-refractivity contribution in [2.45, 2.75) is 225 Å². The van der Waals surface area contributed by atoms with E-state index in [2.05, 4.69) is 86.8 Å². The molecule has 66 heavy (non-hydrogen) atoms. The Bertz CT molecular complexity index is 1310. The highest BCUT2D eigenvalue weighted by Gasteiger charge is 2.25. The number of nitrogens with zero attached hydrogens (tertiary/aromatic N) is 1. The Kier molecular flexibility index (Phi) is 45.8. The molecule has 0 spiro atoms. The van der Waals surface area contributed by atoms with Crippen LogP contribution in [0.15, 0.2) is 72.9 Å². The van der Waals surface area contributed by atoms with Gasteiger partial charge in [0.1, 0.15) is 13.2 Å². The maximum Gasteiger partial charge on any atom is 0.361 e. The molecule has 0 amide bonds. The molecule has 2 atom stereocenters. The lowest BCUT2D eigenvalue weighted by molar-refractivity contribution is -0.870. The maximum absolute atomic E-state index is 12.8. The number of aliphatic carboxylic acids is 1. The zero-order chi connectivity index (χ0) is 48.4. The second-order valence-electron chi connectivity index (χ2n) is 18.8. The summed E-state index contributed by atoms with van der Waals surface area (Å²) in [5, 5.41) is 9.62. The molecule has 0 saturated heterocycles. The minimum Gasteiger partial charge on any atom is -0.477 e. The number of esters is 2. The average Bonchev–Trinajstić information content (AvgIpc) is 3.28. The first-order chi connectivity index (χ1) is 32.1. The number of carboxylic acid groups (broad SMARTS) is 1. The summed E-state index contributed by atoms with van der Waals surface area (Å²) in [5.74, 6) is -2.02. The molecule has 0 aromatic carbocycles. The van der Waals surface area contributed by atoms with Crippen molar-refractivity contribution >= 4 is 17.9 Å². The Hall–Kier alpha value is -3.27. The molecule has 380 valence electrons. The van der Waals surface area contributed by atoms with Crippen molar-refractivity contribution in [2.24, 2.45) is 0 Å². The quantitative estimate of drug-likeness (QED) is 0.0211. The third kappa shape index (κ3) is 48.7. The standard InChI is InChI=1S/C57H99NO8/c1-6-8-10-12-14-15-16-17-18-19-20-21-22-23-24-25-26-27-28-29-30-31-32-33-34-35-36-37-38-39-40-41-42-44-46-48-55(60)66-53(51-64-54(59)47-45-43-13-11-9-7-2)52-65-57(56(61)62)63-50-49-58(3,4)5/h8,10,14-15,17-18,20-21,23-24,26-27,53,57H,6-7,9,11-13,16,19,22,25,28-52H2,1-5H3/p+1/b10-8-,15-14-,18-17-,21-20-,24-23-,27-26-. The van der Waals surface area contributed by atoms with Crippen LogP contribution in [-0.2, 0) is 33.3 Å². The molecule has 1 N–H and O–H groups in total. The summed E-state index contributed by atoms with van der Waals surface area (Å²) in [4.78, 5) is 36.9. The maximum atomic E-state index is 12.8. The SMILES string of the molecule is CC/C=C\C/C=C\C/C=C\C/C=C\C/C=C\C/C=C\CCCCCCCCCCCCCCCCCCC(=O)OC(COC(=O)CCCCCCCC)COC(OCC[N+](C)(C)C)C(=O)O. The third-order valence-electron chi connectivity index (χ3n) is 11.2. The molecule has 0 aromatic heterocycles. The Balaban J connectivity index is 3.96. The number of hydrogen-bond donors (Lipinski definition) is 1. The molecule has 0 aliphatic carbocycles. The van der Waals surface area contributed by atoms with Crippen molar-refractivity contribution in [2.75, 3.05) is 47.5 Å². The predicted octanol–water partition coefficient (Wildman–Crippen LogP) is 15.1. The third-order valence-corrected chi connectivity index (χ3v) is 11.2. The molecular formula is C57H100NO8+. The van der Waals surface area contributed by atoms with Crippen molar-refractivity contribution in [3.63, 3.8) is 0 Å². The second-order valence-corrected chi connectivity index (χ2v) is 18.8. The van der Waals surface area contributed by atoms with Crippen LogP contribution < -0.4 is 0 Å². The van der Waals surface area contributed by atoms with Gasteiger partial charge >= 0.3 is 17.9 Å². The zero-order valence-corrected chi connectivity index (χ0v) is 43.1. The first kappa shape index (κ1) is 62.7. The molecule has 9 heteroatoms. The fourth-order valence-electron chi connectivity index (χ4n) is 7.13. The number of carbonyl (C=O) groups is 3. The van der Waals surface area contributed by atoms with E-state index < -0.39 is 24.3 Å². The number of unbranched alkanes of at least 4 members (excludes halogenated alkanes) is 21. The summed E-state index contributed by atoms with van der Waals surface area (Å²) in [6.07, 6.45) is 58.8. The van der Waals surface area contributed by atoms with Crippen molar-refractivity contribution in [3.8, 4) is 0 Å². The zero-order valence-electron chi connectivity index (χ0n) is 43.1. The molecule has 0 rings (SSSR count). The van der Waals surface area contributed by atoms with Crippen LogP contribution in [0.1, 0.15) is 213 Å². The number of rotatable bonds is 48. The van der Waals surface area contributed by atoms with Crippen LogP contribution in [0.3, 0.4) is 0 Å². The van der Waals surface area contributed by atoms with Crippen LogP contribution >= 0.6 is 0 Å². The first-order valence-corrected chi connectivity index (χ1v) is 26.6. The van der Waals surface area contributed by atoms with E-state index in [4.69, 9.17) is 18.9 Å². The summed E-state index contributed by atoms with van der Waals surface area (Å²) in [6.45, 7) is 4.69. The second kappa shape index (κ2) is 48.2. The van der Waals surface area contributed by atoms with Gasteiger partial charge in [-0.05, 0) is 64.2 Å². The van der Waals surface area contributed by atoms with Gasteiger partial charge in [-0.3, -0.25) is 9.59 Å². The van der Waals surface area contributed by atoms with E-state index in [1.165, 1.54) is 103 Å². The number of hydrogen-bond acceptors (Lipinski definition) is 7. The highest BCUT2D eigenvalue weighted by Crippen LogP contribution is 2.16. The Morgan fingerprint density at radius 2 is 0.864 bits per heavy atom. The normalized spacial score (nSPS) is 13.4. The predicted molar refractivity (Wildman–Crippen MR) is 276 cm³/mol. The topological polar surface area (TPSA) is 108 Å². The minimum atomic E-state index is -1.51. The van der Waals surface area contributed by atoms with Gasteiger partial charge in [-0.15, -0.1) is 0 Å². The molecule has 2 unspecified atom stereocenters. The summed E-state index contributed by atoms with van der Waals surface area (Å²) >= 11 is 0. The molecule has 0 fully saturated rings. The summed E-state index contributed by atoms with van der Waals surface area (Å²) in [7, 11) is 5.95. The van der Waals surface area contributed by atoms with Crippen molar-refractivity contribution in [3.05, 3.63) is 72.9 Å². The number of likely N-dealkylation sites (N-methyl/N-ethyl adjacent to an activating group) is 1. The highest BCUT2D eigenvalue weighted by atomic mass is 16.7. The number of carboxylic acids is 1. The van der Waals surface area contributed by atoms with Crippen LogP contribution in [0.2, 0.25) is 0 Å². The summed E-state index contributed by atoms with van der Waals surface area (Å²) < 4.78 is 22.7. The minimum absolute atomic E-state index is 0.182. The van der Waals surface area contributed by atoms with Gasteiger partial charge in [0.05, 0.1) is 34.4 Å². The van der Waals surface area contributed by atoms with Gasteiger partial charge in [-0.1, -0.05) is 209 Å². The van der Waals surface area contributed by atoms with Gasteiger partial charge in [0, 0.05) is 12.8 Å². The Morgan fingerprint density at radius 1 is 0.470 bits per heavy atom. The molecule has 0 radical (unpaired) electrons. The van der Waals surface area contributed by atoms with Crippen molar-refractivity contribution in [1.82, 2.24) is 0 Å². The van der Waals surface area contributed by atoms with E-state index in [9.17, 15) is 19.5 Å². The van der Waals surface area contributed by atoms with Crippen LogP contribution in [0, 0.1) is 0 Å². The molecular weight excluding hydrogens is 827 g/mol. The van der Waals surface area contributed by atoms with Crippen molar-refractivity contribution < 1.29 is 42.9 Å². The first-order valence-electron chi connectivity index (χ1n) is 26.6. The van der Waals surface area contributed by atoms with E-state index in [0.717, 1.165) is 83.5 Å². The fourth-order valence-corrected chi connectivity index (χ4v) is 7.13. The van der Waals surface area contributed by atoms with Crippen LogP contribution in [0.5, 0.6) is 0 Å². The van der Waals surface area contributed by atoms with Crippen molar-refractivity contribution in [1.29, 1.82) is 0 Å². The van der Waals surface area contributed by atoms with Crippen LogP contribution in [0.4, 0.5) is 0 Å². The number of quaternary nitrogens is 1. The number of ether oxygens (including phenoxy) is 4. The molecule has 9 nitrogen and oxygen atoms in total. The van der Waals surface area contributed by atoms with E-state index in [-0.39, 0.29) is 32.2 Å². The summed E-state index contributed by atoms with van der Waals surface area (Å²) in [5.41, 5.74) is 0. The molecule has 0 saturated carbocycles. The Morgan fingerprint density at radius 3 is 1.29 bits per heavy atom. The highest BCUT2D eigenvalue weighted by molar-refractivity contribution is 5.71. The number of carbonyl (C=O) groups excluding carboxylic acids is 2. The molecule has 0 bridgehead atoms. The molecule has 0 heterocycles. The van der Waals surface area contributed by atoms with Gasteiger partial charge in [0.15, 0.2) is 6.10 Å². The van der Waals surface area contributed by atoms with E-state index in [1.54, 1.807) is 0 Å². The van der Waals surface area contributed by atoms with E-state index in [0.29, 0.717) is 17.4 Å². The molecule has 0 aromatic rings. The van der Waals surface area contributed by atoms with Gasteiger partial charge in [0.2, 0.25) is 0 Å². The van der Waals surface area contributed by atoms with Gasteiger partial charge in [-0.2, -0.15) is 0 Å². The molecule has 0 aliphatic heterocycles. The van der Waals surface area contributed by atoms with E-state index >= 15 is 0 Å². The lowest BCUT2D eigenvalue weighted by Gasteiger charge is -2.25. The summed E-state index contributed by atoms with van der Waals surface area (Å²) in [6, 6.07) is 0. The van der Waals surface area contributed by atoms with Gasteiger partial charge < -0.3 is 28.5 Å². The number of allylic oxidation sites excluding steroid dienone is 12. The lowest BCUT2D eigenvalue weighted by Crippen LogP contribution is -2.40. The van der Waals surface area contributed by atoms with E-state index in [1.807, 2.05) is 21.1 Å². The van der Waals surface area contributed by atoms with Gasteiger partial charge in [0.25, 0.3) is 6.29 Å². The Labute approximate surface area is 405 Å². The van der Waals surface area contributed by atoms with Crippen LogP contribution in [0.25, 0.3) is 0 Å². The molecule has 0 aliphatic rings. The fraction of sp³-hybridized carbons (Fsp3) is 0.737. The average molecular weight is 927 g/mol. The lowest BCUT2D eigenvalue weighted by atomic mass is 10.0. The monoisotopic (exact) mass is 927 g/mol. The largest absolute Gasteiger partial charge is 0.477 e. The smallest absolute Gasteiger partial charge is 0.361 e. The van der Waals surface area contributed by atoms with Crippen LogP contribution in [-0.4, -0.2) is 87.4 Å². The van der Waals surface area contributed by atoms with Gasteiger partial charge in [-0.25, -0.2) is 4.79 Å².